The van der Waals surface area contributed by atoms with E-state index in [9.17, 15) is 4.39 Å². The fraction of sp³-hybridized carbons (Fsp3) is 0.0435. The molecule has 0 spiro atoms. The van der Waals surface area contributed by atoms with Crippen LogP contribution >= 0.6 is 11.8 Å². The van der Waals surface area contributed by atoms with E-state index in [1.54, 1.807) is 12.1 Å². The quantitative estimate of drug-likeness (QED) is 0.336. The molecule has 2 aromatic heterocycles. The second-order valence-corrected chi connectivity index (χ2v) is 7.58. The lowest BCUT2D eigenvalue weighted by Gasteiger charge is -2.09. The van der Waals surface area contributed by atoms with Crippen molar-refractivity contribution in [3.8, 4) is 28.5 Å². The molecule has 0 atom stereocenters. The molecule has 5 rings (SSSR count). The van der Waals surface area contributed by atoms with Crippen LogP contribution in [0.15, 0.2) is 94.5 Å². The molecular weight excluding hydrogens is 413 g/mol. The van der Waals surface area contributed by atoms with Crippen molar-refractivity contribution >= 4 is 11.8 Å². The van der Waals surface area contributed by atoms with Gasteiger partial charge in [-0.3, -0.25) is 4.57 Å². The van der Waals surface area contributed by atoms with Crippen LogP contribution in [0, 0.1) is 5.82 Å². The van der Waals surface area contributed by atoms with E-state index in [0.29, 0.717) is 28.5 Å². The first-order chi connectivity index (χ1) is 15.3. The zero-order valence-electron chi connectivity index (χ0n) is 16.2. The third-order valence-corrected chi connectivity index (χ3v) is 5.48. The highest BCUT2D eigenvalue weighted by atomic mass is 32.2. The minimum Gasteiger partial charge on any atom is -0.420 e. The predicted molar refractivity (Wildman–Crippen MR) is 116 cm³/mol. The fourth-order valence-electron chi connectivity index (χ4n) is 3.09. The average molecular weight is 429 g/mol. The molecule has 0 unspecified atom stereocenters. The largest absolute Gasteiger partial charge is 0.420 e. The maximum Gasteiger partial charge on any atom is 0.247 e. The Balaban J connectivity index is 1.44. The van der Waals surface area contributed by atoms with Gasteiger partial charge in [-0.05, 0) is 48.5 Å². The van der Waals surface area contributed by atoms with Gasteiger partial charge in [0.15, 0.2) is 11.0 Å². The van der Waals surface area contributed by atoms with Gasteiger partial charge in [0.1, 0.15) is 5.82 Å². The van der Waals surface area contributed by atoms with Crippen molar-refractivity contribution in [1.29, 1.82) is 0 Å². The summed E-state index contributed by atoms with van der Waals surface area (Å²) in [7, 11) is 0. The standard InChI is InChI=1S/C23H16FN5OS/c24-18-13-11-16(12-14-18)21-26-28-23(29(21)19-9-5-2-6-10-19)31-15-20-25-27-22(30-20)17-7-3-1-4-8-17/h1-14H,15H2. The first kappa shape index (κ1) is 19.2. The number of hydrogen-bond acceptors (Lipinski definition) is 6. The molecule has 0 aliphatic heterocycles. The lowest BCUT2D eigenvalue weighted by Crippen LogP contribution is -1.99. The Kier molecular flexibility index (Phi) is 5.28. The van der Waals surface area contributed by atoms with Crippen LogP contribution in [0.25, 0.3) is 28.5 Å². The number of thioether (sulfide) groups is 1. The molecule has 0 N–H and O–H groups in total. The summed E-state index contributed by atoms with van der Waals surface area (Å²) in [6.07, 6.45) is 0. The maximum atomic E-state index is 13.4. The predicted octanol–water partition coefficient (Wildman–Crippen LogP) is 5.42. The highest BCUT2D eigenvalue weighted by Crippen LogP contribution is 2.30. The summed E-state index contributed by atoms with van der Waals surface area (Å²) in [5.41, 5.74) is 2.55. The van der Waals surface area contributed by atoms with Crippen molar-refractivity contribution in [3.63, 3.8) is 0 Å². The Bertz CT molecular complexity index is 1290. The number of para-hydroxylation sites is 1. The lowest BCUT2D eigenvalue weighted by atomic mass is 10.2. The maximum absolute atomic E-state index is 13.4. The number of halogens is 1. The van der Waals surface area contributed by atoms with Crippen LogP contribution in [-0.4, -0.2) is 25.0 Å². The minimum absolute atomic E-state index is 0.297. The van der Waals surface area contributed by atoms with E-state index in [2.05, 4.69) is 20.4 Å². The van der Waals surface area contributed by atoms with Crippen molar-refractivity contribution in [1.82, 2.24) is 25.0 Å². The average Bonchev–Trinajstić information content (AvgIpc) is 3.47. The first-order valence-electron chi connectivity index (χ1n) is 9.55. The van der Waals surface area contributed by atoms with Gasteiger partial charge in [0.2, 0.25) is 11.8 Å². The number of aromatic nitrogens is 5. The SMILES string of the molecule is Fc1ccc(-c2nnc(SCc3nnc(-c4ccccc4)o3)n2-c2ccccc2)cc1. The van der Waals surface area contributed by atoms with Gasteiger partial charge < -0.3 is 4.42 Å². The minimum atomic E-state index is -0.297. The molecule has 2 heterocycles. The Morgan fingerprint density at radius 1 is 0.742 bits per heavy atom. The summed E-state index contributed by atoms with van der Waals surface area (Å²) in [5.74, 6) is 1.75. The van der Waals surface area contributed by atoms with Crippen molar-refractivity contribution in [2.45, 2.75) is 10.9 Å². The van der Waals surface area contributed by atoms with Crippen LogP contribution < -0.4 is 0 Å². The van der Waals surface area contributed by atoms with E-state index in [-0.39, 0.29) is 5.82 Å². The van der Waals surface area contributed by atoms with Gasteiger partial charge in [-0.15, -0.1) is 20.4 Å². The fourth-order valence-corrected chi connectivity index (χ4v) is 3.88. The van der Waals surface area contributed by atoms with Crippen LogP contribution in [0.4, 0.5) is 4.39 Å². The topological polar surface area (TPSA) is 69.6 Å². The van der Waals surface area contributed by atoms with Crippen LogP contribution in [0.5, 0.6) is 0 Å². The summed E-state index contributed by atoms with van der Waals surface area (Å²) in [5, 5.41) is 17.7. The molecule has 5 aromatic rings. The van der Waals surface area contributed by atoms with E-state index in [0.717, 1.165) is 16.8 Å². The smallest absolute Gasteiger partial charge is 0.247 e. The van der Waals surface area contributed by atoms with Gasteiger partial charge in [0.25, 0.3) is 0 Å². The second-order valence-electron chi connectivity index (χ2n) is 6.64. The highest BCUT2D eigenvalue weighted by molar-refractivity contribution is 7.98. The number of rotatable bonds is 6. The normalized spacial score (nSPS) is 11.0. The van der Waals surface area contributed by atoms with Crippen LogP contribution in [0.3, 0.4) is 0 Å². The molecule has 8 heteroatoms. The third-order valence-electron chi connectivity index (χ3n) is 4.56. The van der Waals surface area contributed by atoms with Gasteiger partial charge >= 0.3 is 0 Å². The molecule has 0 amide bonds. The van der Waals surface area contributed by atoms with Crippen molar-refractivity contribution in [3.05, 3.63) is 96.6 Å². The number of nitrogens with zero attached hydrogens (tertiary/aromatic N) is 5. The third kappa shape index (κ3) is 4.10. The molecule has 0 radical (unpaired) electrons. The van der Waals surface area contributed by atoms with Gasteiger partial charge in [-0.2, -0.15) is 0 Å². The summed E-state index contributed by atoms with van der Waals surface area (Å²) >= 11 is 1.44. The highest BCUT2D eigenvalue weighted by Gasteiger charge is 2.17. The summed E-state index contributed by atoms with van der Waals surface area (Å²) in [6.45, 7) is 0. The second kappa shape index (κ2) is 8.53. The molecule has 0 saturated carbocycles. The molecular formula is C23H16FN5OS. The van der Waals surface area contributed by atoms with E-state index in [1.807, 2.05) is 65.2 Å². The first-order valence-corrected chi connectivity index (χ1v) is 10.5. The molecule has 0 bridgehead atoms. The molecule has 152 valence electrons. The summed E-state index contributed by atoms with van der Waals surface area (Å²) in [6, 6.07) is 25.6. The molecule has 31 heavy (non-hydrogen) atoms. The Morgan fingerprint density at radius 2 is 1.45 bits per heavy atom. The van der Waals surface area contributed by atoms with E-state index < -0.39 is 0 Å². The van der Waals surface area contributed by atoms with Crippen LogP contribution in [0.1, 0.15) is 5.89 Å². The van der Waals surface area contributed by atoms with Crippen LogP contribution in [-0.2, 0) is 5.75 Å². The molecule has 0 fully saturated rings. The van der Waals surface area contributed by atoms with E-state index in [4.69, 9.17) is 4.42 Å². The van der Waals surface area contributed by atoms with Crippen LogP contribution in [0.2, 0.25) is 0 Å². The number of hydrogen-bond donors (Lipinski definition) is 0. The Labute approximate surface area is 181 Å². The molecule has 0 saturated heterocycles. The van der Waals surface area contributed by atoms with Gasteiger partial charge in [-0.25, -0.2) is 4.39 Å². The van der Waals surface area contributed by atoms with Crippen molar-refractivity contribution in [2.75, 3.05) is 0 Å². The Hall–Kier alpha value is -3.78. The Morgan fingerprint density at radius 3 is 2.19 bits per heavy atom. The monoisotopic (exact) mass is 429 g/mol. The van der Waals surface area contributed by atoms with E-state index in [1.165, 1.54) is 23.9 Å². The zero-order valence-corrected chi connectivity index (χ0v) is 17.0. The number of benzene rings is 3. The molecule has 0 aliphatic rings. The molecule has 6 nitrogen and oxygen atoms in total. The summed E-state index contributed by atoms with van der Waals surface area (Å²) < 4.78 is 21.1. The van der Waals surface area contributed by atoms with Gasteiger partial charge in [0.05, 0.1) is 5.75 Å². The van der Waals surface area contributed by atoms with Crippen molar-refractivity contribution in [2.24, 2.45) is 0 Å². The zero-order chi connectivity index (χ0) is 21.0. The van der Waals surface area contributed by atoms with Crippen molar-refractivity contribution < 1.29 is 8.81 Å². The molecule has 3 aromatic carbocycles. The molecule has 0 aliphatic carbocycles. The summed E-state index contributed by atoms with van der Waals surface area (Å²) in [4.78, 5) is 0. The van der Waals surface area contributed by atoms with E-state index >= 15 is 0 Å². The lowest BCUT2D eigenvalue weighted by molar-refractivity contribution is 0.528. The van der Waals surface area contributed by atoms with Gasteiger partial charge in [0, 0.05) is 16.8 Å². The van der Waals surface area contributed by atoms with Gasteiger partial charge in [-0.1, -0.05) is 48.2 Å².